The smallest absolute Gasteiger partial charge is 0.410 e. The molecule has 1 saturated heterocycles. The van der Waals surface area contributed by atoms with Crippen molar-refractivity contribution in [3.63, 3.8) is 0 Å². The Hall–Kier alpha value is -1.43. The van der Waals surface area contributed by atoms with Crippen LogP contribution in [0.4, 0.5) is 4.79 Å². The molecule has 1 aliphatic heterocycles. The molecule has 1 N–H and O–H groups in total. The number of amides is 1. The van der Waals surface area contributed by atoms with E-state index < -0.39 is 16.6 Å². The zero-order chi connectivity index (χ0) is 20.0. The minimum absolute atomic E-state index is 0.0466. The first kappa shape index (κ1) is 20.3. The zero-order valence-electron chi connectivity index (χ0n) is 17.0. The van der Waals surface area contributed by atoms with E-state index in [0.29, 0.717) is 45.2 Å². The van der Waals surface area contributed by atoms with E-state index in [1.807, 2.05) is 27.7 Å². The standard InChI is InChI=1S/C21H33NO5/c1-14-11-15-13-17(24)21(26)8-6-10-22(18(25)27-19(2,3)4)9-5-7-20(15,21)16(23)12-14/h14-15,26H,5-13H2,1-4H3/t14-,15+,20-,21+/m1/s1. The Morgan fingerprint density at radius 3 is 2.37 bits per heavy atom. The zero-order valence-corrected chi connectivity index (χ0v) is 17.0. The summed E-state index contributed by atoms with van der Waals surface area (Å²) in [5, 5.41) is 11.5. The normalized spacial score (nSPS) is 37.7. The van der Waals surface area contributed by atoms with Crippen LogP contribution in [0.1, 0.15) is 72.6 Å². The van der Waals surface area contributed by atoms with Gasteiger partial charge in [0.05, 0.1) is 5.41 Å². The third kappa shape index (κ3) is 3.41. The summed E-state index contributed by atoms with van der Waals surface area (Å²) in [6.45, 7) is 8.45. The fraction of sp³-hybridized carbons (Fsp3) is 0.857. The van der Waals surface area contributed by atoms with Crippen molar-refractivity contribution in [1.29, 1.82) is 0 Å². The largest absolute Gasteiger partial charge is 0.444 e. The van der Waals surface area contributed by atoms with Crippen molar-refractivity contribution in [2.45, 2.75) is 83.8 Å². The van der Waals surface area contributed by atoms with Crippen LogP contribution in [0.25, 0.3) is 0 Å². The maximum absolute atomic E-state index is 13.2. The summed E-state index contributed by atoms with van der Waals surface area (Å²) in [4.78, 5) is 40.1. The van der Waals surface area contributed by atoms with Crippen molar-refractivity contribution < 1.29 is 24.2 Å². The molecule has 6 nitrogen and oxygen atoms in total. The van der Waals surface area contributed by atoms with Crippen LogP contribution in [-0.4, -0.2) is 52.0 Å². The lowest BCUT2D eigenvalue weighted by atomic mass is 9.56. The van der Waals surface area contributed by atoms with Gasteiger partial charge >= 0.3 is 6.09 Å². The highest BCUT2D eigenvalue weighted by Gasteiger charge is 2.68. The Kier molecular flexibility index (Phi) is 5.17. The Balaban J connectivity index is 1.85. The second-order valence-electron chi connectivity index (χ2n) is 9.80. The molecule has 4 atom stereocenters. The average Bonchev–Trinajstić information content (AvgIpc) is 2.77. The average molecular weight is 379 g/mol. The quantitative estimate of drug-likeness (QED) is 0.699. The van der Waals surface area contributed by atoms with Gasteiger partial charge in [-0.2, -0.15) is 0 Å². The number of ether oxygens (including phenoxy) is 1. The third-order valence-electron chi connectivity index (χ3n) is 6.66. The molecule has 0 aromatic rings. The molecular formula is C21H33NO5. The lowest BCUT2D eigenvalue weighted by Crippen LogP contribution is -2.57. The molecule has 0 aromatic heterocycles. The van der Waals surface area contributed by atoms with Gasteiger partial charge in [0.2, 0.25) is 0 Å². The van der Waals surface area contributed by atoms with E-state index in [1.54, 1.807) is 4.90 Å². The van der Waals surface area contributed by atoms with Gasteiger partial charge in [-0.1, -0.05) is 6.92 Å². The van der Waals surface area contributed by atoms with Crippen LogP contribution in [0, 0.1) is 17.3 Å². The highest BCUT2D eigenvalue weighted by Crippen LogP contribution is 2.59. The third-order valence-corrected chi connectivity index (χ3v) is 6.66. The van der Waals surface area contributed by atoms with Gasteiger partial charge < -0.3 is 14.7 Å². The number of aliphatic hydroxyl groups is 1. The van der Waals surface area contributed by atoms with E-state index in [2.05, 4.69) is 0 Å². The van der Waals surface area contributed by atoms with Gasteiger partial charge in [0.25, 0.3) is 0 Å². The number of ketones is 2. The monoisotopic (exact) mass is 379 g/mol. The molecule has 1 spiro atoms. The summed E-state index contributed by atoms with van der Waals surface area (Å²) < 4.78 is 5.49. The van der Waals surface area contributed by atoms with Crippen molar-refractivity contribution in [1.82, 2.24) is 4.90 Å². The van der Waals surface area contributed by atoms with Gasteiger partial charge in [0.15, 0.2) is 5.78 Å². The van der Waals surface area contributed by atoms with Crippen molar-refractivity contribution >= 4 is 17.7 Å². The molecule has 27 heavy (non-hydrogen) atoms. The van der Waals surface area contributed by atoms with Crippen molar-refractivity contribution in [2.75, 3.05) is 13.1 Å². The predicted octanol–water partition coefficient (Wildman–Crippen LogP) is 3.10. The topological polar surface area (TPSA) is 83.9 Å². The molecular weight excluding hydrogens is 346 g/mol. The first-order chi connectivity index (χ1) is 12.5. The highest BCUT2D eigenvalue weighted by atomic mass is 16.6. The Labute approximate surface area is 161 Å². The molecule has 1 amide bonds. The minimum Gasteiger partial charge on any atom is -0.444 e. The molecule has 2 aliphatic carbocycles. The summed E-state index contributed by atoms with van der Waals surface area (Å²) in [7, 11) is 0. The van der Waals surface area contributed by atoms with Gasteiger partial charge in [-0.25, -0.2) is 4.79 Å². The number of carbonyl (C=O) groups is 3. The minimum atomic E-state index is -1.57. The number of hydrogen-bond acceptors (Lipinski definition) is 5. The second-order valence-corrected chi connectivity index (χ2v) is 9.80. The van der Waals surface area contributed by atoms with E-state index in [9.17, 15) is 19.5 Å². The maximum atomic E-state index is 13.2. The van der Waals surface area contributed by atoms with Crippen molar-refractivity contribution in [3.05, 3.63) is 0 Å². The van der Waals surface area contributed by atoms with Crippen LogP contribution in [0.2, 0.25) is 0 Å². The molecule has 152 valence electrons. The predicted molar refractivity (Wildman–Crippen MR) is 100 cm³/mol. The summed E-state index contributed by atoms with van der Waals surface area (Å²) in [5.74, 6) is 0.0551. The number of hydrogen-bond donors (Lipinski definition) is 1. The molecule has 6 heteroatoms. The van der Waals surface area contributed by atoms with E-state index >= 15 is 0 Å². The summed E-state index contributed by atoms with van der Waals surface area (Å²) in [5.41, 5.74) is -3.10. The molecule has 0 bridgehead atoms. The SMILES string of the molecule is C[C@H]1CC(=O)[C@]23CCCN(C(=O)OC(C)(C)C)CCC[C@]2(O)C(=O)C[C@@H]3C1. The number of rotatable bonds is 0. The van der Waals surface area contributed by atoms with Crippen LogP contribution >= 0.6 is 0 Å². The molecule has 0 aromatic carbocycles. The van der Waals surface area contributed by atoms with Crippen molar-refractivity contribution in [2.24, 2.45) is 17.3 Å². The van der Waals surface area contributed by atoms with Crippen LogP contribution < -0.4 is 0 Å². The molecule has 3 aliphatic rings. The van der Waals surface area contributed by atoms with Crippen LogP contribution in [0.3, 0.4) is 0 Å². The molecule has 3 rings (SSSR count). The second kappa shape index (κ2) is 6.87. The lowest BCUT2D eigenvalue weighted by Gasteiger charge is -2.47. The fourth-order valence-electron chi connectivity index (χ4n) is 5.57. The molecule has 2 saturated carbocycles. The van der Waals surface area contributed by atoms with E-state index in [0.717, 1.165) is 6.42 Å². The van der Waals surface area contributed by atoms with E-state index in [4.69, 9.17) is 4.74 Å². The van der Waals surface area contributed by atoms with Crippen LogP contribution in [-0.2, 0) is 14.3 Å². The van der Waals surface area contributed by atoms with Crippen LogP contribution in [0.5, 0.6) is 0 Å². The first-order valence-electron chi connectivity index (χ1n) is 10.3. The van der Waals surface area contributed by atoms with Gasteiger partial charge in [-0.3, -0.25) is 9.59 Å². The van der Waals surface area contributed by atoms with Crippen molar-refractivity contribution in [3.8, 4) is 0 Å². The van der Waals surface area contributed by atoms with Gasteiger partial charge in [0, 0.05) is 25.9 Å². The molecule has 3 fully saturated rings. The number of carbonyl (C=O) groups excluding carboxylic acids is 3. The first-order valence-corrected chi connectivity index (χ1v) is 10.3. The van der Waals surface area contributed by atoms with E-state index in [-0.39, 0.29) is 35.9 Å². The summed E-state index contributed by atoms with van der Waals surface area (Å²) >= 11 is 0. The summed E-state index contributed by atoms with van der Waals surface area (Å²) in [6, 6.07) is 0. The Bertz CT molecular complexity index is 639. The molecule has 0 radical (unpaired) electrons. The van der Waals surface area contributed by atoms with E-state index in [1.165, 1.54) is 0 Å². The Morgan fingerprint density at radius 1 is 1.11 bits per heavy atom. The number of Topliss-reactive ketones (excluding diaryl/α,β-unsaturated/α-hetero) is 2. The summed E-state index contributed by atoms with van der Waals surface area (Å²) in [6.07, 6.45) is 2.96. The lowest BCUT2D eigenvalue weighted by molar-refractivity contribution is -0.165. The fourth-order valence-corrected chi connectivity index (χ4v) is 5.57. The maximum Gasteiger partial charge on any atom is 0.410 e. The molecule has 1 heterocycles. The van der Waals surface area contributed by atoms with Crippen LogP contribution in [0.15, 0.2) is 0 Å². The molecule has 0 unspecified atom stereocenters. The highest BCUT2D eigenvalue weighted by molar-refractivity contribution is 6.01. The van der Waals surface area contributed by atoms with Gasteiger partial charge in [-0.15, -0.1) is 0 Å². The van der Waals surface area contributed by atoms with Gasteiger partial charge in [0.1, 0.15) is 17.0 Å². The number of nitrogens with zero attached hydrogens (tertiary/aromatic N) is 1. The Morgan fingerprint density at radius 2 is 1.74 bits per heavy atom. The van der Waals surface area contributed by atoms with Gasteiger partial charge in [-0.05, 0) is 64.7 Å².